The van der Waals surface area contributed by atoms with Gasteiger partial charge in [0.1, 0.15) is 23.2 Å². The Kier molecular flexibility index (Phi) is 3.56. The Bertz CT molecular complexity index is 609. The van der Waals surface area contributed by atoms with E-state index in [2.05, 4.69) is 15.3 Å². The average molecular weight is 286 g/mol. The van der Waals surface area contributed by atoms with E-state index in [-0.39, 0.29) is 17.7 Å². The van der Waals surface area contributed by atoms with Crippen molar-refractivity contribution in [2.75, 3.05) is 11.1 Å². The second-order valence-electron chi connectivity index (χ2n) is 4.31. The summed E-state index contributed by atoms with van der Waals surface area (Å²) in [5.41, 5.74) is 5.36. The van der Waals surface area contributed by atoms with Gasteiger partial charge < -0.3 is 15.5 Å². The fourth-order valence-electron chi connectivity index (χ4n) is 1.65. The summed E-state index contributed by atoms with van der Waals surface area (Å²) in [5, 5.41) is 2.80. The van der Waals surface area contributed by atoms with Crippen LogP contribution in [0.4, 0.5) is 24.8 Å². The number of rotatable bonds is 3. The van der Waals surface area contributed by atoms with E-state index in [1.807, 2.05) is 0 Å². The topological polar surface area (TPSA) is 77.0 Å². The van der Waals surface area contributed by atoms with Gasteiger partial charge in [0, 0.05) is 6.07 Å². The van der Waals surface area contributed by atoms with Gasteiger partial charge in [-0.1, -0.05) is 0 Å². The molecular weight excluding hydrogens is 273 g/mol. The van der Waals surface area contributed by atoms with Crippen LogP contribution in [0.1, 0.15) is 30.3 Å². The molecule has 20 heavy (non-hydrogen) atoms. The Morgan fingerprint density at radius 3 is 2.55 bits per heavy atom. The van der Waals surface area contributed by atoms with Crippen LogP contribution < -0.4 is 11.1 Å². The third-order valence-corrected chi connectivity index (χ3v) is 2.55. The average Bonchev–Trinajstić information content (AvgIpc) is 2.74. The first-order valence-corrected chi connectivity index (χ1v) is 5.80. The molecular formula is C12H13F3N4O. The summed E-state index contributed by atoms with van der Waals surface area (Å²) in [6.45, 7) is 3.52. The van der Waals surface area contributed by atoms with Crippen molar-refractivity contribution in [3.05, 3.63) is 35.5 Å². The van der Waals surface area contributed by atoms with Gasteiger partial charge in [0.15, 0.2) is 0 Å². The predicted octanol–water partition coefficient (Wildman–Crippen LogP) is 3.15. The van der Waals surface area contributed by atoms with Gasteiger partial charge in [-0.25, -0.2) is 9.97 Å². The summed E-state index contributed by atoms with van der Waals surface area (Å²) in [5.74, 6) is -0.230. The Balaban J connectivity index is 2.23. The Labute approximate surface area is 113 Å². The van der Waals surface area contributed by atoms with Gasteiger partial charge in [-0.15, -0.1) is 0 Å². The van der Waals surface area contributed by atoms with Gasteiger partial charge in [-0.2, -0.15) is 13.2 Å². The zero-order chi connectivity index (χ0) is 14.9. The van der Waals surface area contributed by atoms with E-state index in [1.165, 1.54) is 6.07 Å². The number of nitrogens with one attached hydrogen (secondary N) is 1. The second-order valence-corrected chi connectivity index (χ2v) is 4.31. The summed E-state index contributed by atoms with van der Waals surface area (Å²) in [4.78, 5) is 6.58. The number of alkyl halides is 3. The van der Waals surface area contributed by atoms with E-state index in [4.69, 9.17) is 10.2 Å². The van der Waals surface area contributed by atoms with Crippen molar-refractivity contribution >= 4 is 11.6 Å². The number of nitrogens with zero attached hydrogens (tertiary/aromatic N) is 2. The minimum Gasteiger partial charge on any atom is -0.464 e. The fourth-order valence-corrected chi connectivity index (χ4v) is 1.65. The molecule has 0 saturated carbocycles. The molecule has 5 nitrogen and oxygen atoms in total. The molecule has 0 radical (unpaired) electrons. The Morgan fingerprint density at radius 2 is 2.00 bits per heavy atom. The molecule has 2 aromatic heterocycles. The maximum absolute atomic E-state index is 12.6. The minimum absolute atomic E-state index is 0.00798. The lowest BCUT2D eigenvalue weighted by molar-refractivity contribution is -0.144. The number of nitrogens with two attached hydrogens (primary N) is 1. The number of halogens is 3. The van der Waals surface area contributed by atoms with Crippen LogP contribution in [0.2, 0.25) is 0 Å². The molecule has 2 rings (SSSR count). The molecule has 2 heterocycles. The first-order valence-electron chi connectivity index (χ1n) is 5.80. The summed E-state index contributed by atoms with van der Waals surface area (Å²) in [6.07, 6.45) is -4.64. The highest BCUT2D eigenvalue weighted by atomic mass is 19.4. The highest BCUT2D eigenvalue weighted by molar-refractivity contribution is 5.46. The molecule has 8 heteroatoms. The van der Waals surface area contributed by atoms with Gasteiger partial charge in [-0.05, 0) is 26.0 Å². The first-order chi connectivity index (χ1) is 9.25. The molecule has 0 aliphatic carbocycles. The Hall–Kier alpha value is -2.25. The second kappa shape index (κ2) is 5.03. The molecule has 0 aromatic carbocycles. The first kappa shape index (κ1) is 14.2. The van der Waals surface area contributed by atoms with Gasteiger partial charge in [0.25, 0.3) is 0 Å². The van der Waals surface area contributed by atoms with Crippen molar-refractivity contribution in [3.8, 4) is 0 Å². The number of hydrogen-bond donors (Lipinski definition) is 2. The molecule has 108 valence electrons. The molecule has 2 aromatic rings. The highest BCUT2D eigenvalue weighted by Crippen LogP contribution is 2.28. The van der Waals surface area contributed by atoms with Crippen LogP contribution in [0.3, 0.4) is 0 Å². The smallest absolute Gasteiger partial charge is 0.451 e. The van der Waals surface area contributed by atoms with Crippen LogP contribution in [0.5, 0.6) is 0 Å². The van der Waals surface area contributed by atoms with Crippen LogP contribution >= 0.6 is 0 Å². The lowest BCUT2D eigenvalue weighted by Gasteiger charge is -2.14. The van der Waals surface area contributed by atoms with Crippen molar-refractivity contribution < 1.29 is 17.6 Å². The number of anilines is 2. The van der Waals surface area contributed by atoms with Gasteiger partial charge in [-0.3, -0.25) is 0 Å². The van der Waals surface area contributed by atoms with Crippen molar-refractivity contribution in [3.63, 3.8) is 0 Å². The number of aryl methyl sites for hydroxylation is 1. The maximum Gasteiger partial charge on any atom is 0.451 e. The van der Waals surface area contributed by atoms with E-state index in [1.54, 1.807) is 26.0 Å². The van der Waals surface area contributed by atoms with Crippen LogP contribution in [-0.2, 0) is 6.18 Å². The van der Waals surface area contributed by atoms with E-state index in [9.17, 15) is 13.2 Å². The molecule has 0 fully saturated rings. The molecule has 0 aliphatic rings. The number of nitrogen functional groups attached to an aromatic ring is 1. The monoisotopic (exact) mass is 286 g/mol. The molecule has 0 saturated heterocycles. The largest absolute Gasteiger partial charge is 0.464 e. The third-order valence-electron chi connectivity index (χ3n) is 2.55. The summed E-state index contributed by atoms with van der Waals surface area (Å²) in [7, 11) is 0. The lowest BCUT2D eigenvalue weighted by atomic mass is 10.2. The van der Waals surface area contributed by atoms with E-state index in [0.717, 1.165) is 0 Å². The van der Waals surface area contributed by atoms with Crippen LogP contribution in [0, 0.1) is 6.92 Å². The lowest BCUT2D eigenvalue weighted by Crippen LogP contribution is -2.15. The minimum atomic E-state index is -4.64. The van der Waals surface area contributed by atoms with Crippen LogP contribution in [-0.4, -0.2) is 9.97 Å². The molecule has 0 bridgehead atoms. The van der Waals surface area contributed by atoms with E-state index >= 15 is 0 Å². The zero-order valence-corrected chi connectivity index (χ0v) is 10.8. The van der Waals surface area contributed by atoms with E-state index in [0.29, 0.717) is 11.5 Å². The fraction of sp³-hybridized carbons (Fsp3) is 0.333. The Morgan fingerprint density at radius 1 is 1.30 bits per heavy atom. The molecule has 3 N–H and O–H groups in total. The molecule has 1 atom stereocenters. The maximum atomic E-state index is 12.6. The molecule has 0 spiro atoms. The quantitative estimate of drug-likeness (QED) is 0.906. The summed E-state index contributed by atoms with van der Waals surface area (Å²) in [6, 6.07) is 4.39. The molecule has 1 unspecified atom stereocenters. The van der Waals surface area contributed by atoms with E-state index < -0.39 is 12.0 Å². The van der Waals surface area contributed by atoms with Gasteiger partial charge in [0.2, 0.25) is 5.82 Å². The van der Waals surface area contributed by atoms with Crippen LogP contribution in [0.25, 0.3) is 0 Å². The van der Waals surface area contributed by atoms with Crippen molar-refractivity contribution in [1.82, 2.24) is 9.97 Å². The normalized spacial score (nSPS) is 13.2. The zero-order valence-electron chi connectivity index (χ0n) is 10.8. The number of furan rings is 1. The number of aromatic nitrogens is 2. The summed E-state index contributed by atoms with van der Waals surface area (Å²) < 4.78 is 43.1. The molecule has 0 aliphatic heterocycles. The highest BCUT2D eigenvalue weighted by Gasteiger charge is 2.35. The standard InChI is InChI=1S/C12H13F3N4O/c1-6-3-4-8(20-6)7(2)17-10-5-9(16)18-11(19-10)12(13,14)15/h3-5,7H,1-2H3,(H3,16,17,18,19). The van der Waals surface area contributed by atoms with Crippen molar-refractivity contribution in [1.29, 1.82) is 0 Å². The van der Waals surface area contributed by atoms with Crippen molar-refractivity contribution in [2.45, 2.75) is 26.1 Å². The molecule has 0 amide bonds. The predicted molar refractivity (Wildman–Crippen MR) is 66.9 cm³/mol. The van der Waals surface area contributed by atoms with Crippen LogP contribution in [0.15, 0.2) is 22.6 Å². The van der Waals surface area contributed by atoms with Crippen molar-refractivity contribution in [2.24, 2.45) is 0 Å². The summed E-state index contributed by atoms with van der Waals surface area (Å²) >= 11 is 0. The SMILES string of the molecule is Cc1ccc(C(C)Nc2cc(N)nc(C(F)(F)F)n2)o1. The number of hydrogen-bond acceptors (Lipinski definition) is 5. The third kappa shape index (κ3) is 3.19. The van der Waals surface area contributed by atoms with Gasteiger partial charge in [0.05, 0.1) is 6.04 Å². The van der Waals surface area contributed by atoms with Gasteiger partial charge >= 0.3 is 6.18 Å².